The summed E-state index contributed by atoms with van der Waals surface area (Å²) in [4.78, 5) is 6.10. The van der Waals surface area contributed by atoms with E-state index in [0.717, 1.165) is 5.69 Å². The molecule has 0 bridgehead atoms. The van der Waals surface area contributed by atoms with Crippen LogP contribution in [0.3, 0.4) is 0 Å². The maximum absolute atomic E-state index is 14.0. The van der Waals surface area contributed by atoms with Crippen molar-refractivity contribution in [2.24, 2.45) is 0 Å². The number of nitriles is 1. The van der Waals surface area contributed by atoms with Gasteiger partial charge in [0.2, 0.25) is 0 Å². The molecule has 0 fully saturated rings. The van der Waals surface area contributed by atoms with Gasteiger partial charge in [-0.1, -0.05) is 12.1 Å². The van der Waals surface area contributed by atoms with Crippen LogP contribution in [-0.2, 0) is 0 Å². The molecule has 0 aliphatic carbocycles. The van der Waals surface area contributed by atoms with Gasteiger partial charge in [-0.2, -0.15) is 5.26 Å². The lowest BCUT2D eigenvalue weighted by Gasteiger charge is -2.25. The van der Waals surface area contributed by atoms with Crippen LogP contribution >= 0.6 is 0 Å². The van der Waals surface area contributed by atoms with Gasteiger partial charge < -0.3 is 4.90 Å². The summed E-state index contributed by atoms with van der Waals surface area (Å²) in [5.74, 6) is -0.301. The Hall–Kier alpha value is -2.41. The highest BCUT2D eigenvalue weighted by molar-refractivity contribution is 5.70. The smallest absolute Gasteiger partial charge is 0.146 e. The van der Waals surface area contributed by atoms with Crippen LogP contribution in [0.15, 0.2) is 30.3 Å². The van der Waals surface area contributed by atoms with Crippen LogP contribution in [-0.4, -0.2) is 11.5 Å². The minimum absolute atomic E-state index is 0.301. The Balaban J connectivity index is 2.65. The van der Waals surface area contributed by atoms with E-state index in [0.29, 0.717) is 29.2 Å². The third-order valence-corrected chi connectivity index (χ3v) is 3.17. The molecule has 20 heavy (non-hydrogen) atoms. The Morgan fingerprint density at radius 3 is 2.55 bits per heavy atom. The van der Waals surface area contributed by atoms with Crippen LogP contribution in [0.5, 0.6) is 0 Å². The summed E-state index contributed by atoms with van der Waals surface area (Å²) in [5.41, 5.74) is 3.13. The number of para-hydroxylation sites is 1. The SMILES string of the molecule is CCN(c1ccccc1F)c1cc(C)nc(C)c1C#N. The lowest BCUT2D eigenvalue weighted by atomic mass is 10.1. The summed E-state index contributed by atoms with van der Waals surface area (Å²) in [6.45, 7) is 6.16. The fourth-order valence-corrected chi connectivity index (χ4v) is 2.30. The molecule has 0 saturated carbocycles. The minimum atomic E-state index is -0.301. The van der Waals surface area contributed by atoms with Crippen molar-refractivity contribution in [1.29, 1.82) is 5.26 Å². The Kier molecular flexibility index (Phi) is 3.99. The number of aromatic nitrogens is 1. The van der Waals surface area contributed by atoms with E-state index in [4.69, 9.17) is 0 Å². The lowest BCUT2D eigenvalue weighted by molar-refractivity contribution is 0.625. The van der Waals surface area contributed by atoms with Gasteiger partial charge in [-0.05, 0) is 39.0 Å². The van der Waals surface area contributed by atoms with Crippen LogP contribution in [0.2, 0.25) is 0 Å². The Labute approximate surface area is 118 Å². The standard InChI is InChI=1S/C16H16FN3/c1-4-20(15-8-6-5-7-14(15)17)16-9-11(2)19-12(3)13(16)10-18/h5-9H,4H2,1-3H3. The molecule has 0 saturated heterocycles. The number of hydrogen-bond donors (Lipinski definition) is 0. The first-order valence-electron chi connectivity index (χ1n) is 6.49. The maximum Gasteiger partial charge on any atom is 0.146 e. The third kappa shape index (κ3) is 2.48. The Morgan fingerprint density at radius 2 is 1.95 bits per heavy atom. The van der Waals surface area contributed by atoms with Gasteiger partial charge in [0.25, 0.3) is 0 Å². The van der Waals surface area contributed by atoms with Crippen molar-refractivity contribution in [3.8, 4) is 6.07 Å². The van der Waals surface area contributed by atoms with Crippen LogP contribution in [0.4, 0.5) is 15.8 Å². The highest BCUT2D eigenvalue weighted by Crippen LogP contribution is 2.31. The van der Waals surface area contributed by atoms with Gasteiger partial charge in [0.05, 0.1) is 22.6 Å². The van der Waals surface area contributed by atoms with Gasteiger partial charge in [-0.25, -0.2) is 4.39 Å². The first-order valence-corrected chi connectivity index (χ1v) is 6.49. The second-order valence-corrected chi connectivity index (χ2v) is 4.55. The van der Waals surface area contributed by atoms with Crippen LogP contribution in [0.25, 0.3) is 0 Å². The molecular weight excluding hydrogens is 253 g/mol. The first-order chi connectivity index (χ1) is 9.58. The van der Waals surface area contributed by atoms with Crippen molar-refractivity contribution < 1.29 is 4.39 Å². The van der Waals surface area contributed by atoms with Crippen molar-refractivity contribution in [2.75, 3.05) is 11.4 Å². The highest BCUT2D eigenvalue weighted by Gasteiger charge is 2.17. The number of pyridine rings is 1. The van der Waals surface area contributed by atoms with Gasteiger partial charge in [0.1, 0.15) is 11.9 Å². The van der Waals surface area contributed by atoms with Crippen molar-refractivity contribution in [2.45, 2.75) is 20.8 Å². The second kappa shape index (κ2) is 5.70. The third-order valence-electron chi connectivity index (χ3n) is 3.17. The van der Waals surface area contributed by atoms with E-state index < -0.39 is 0 Å². The van der Waals surface area contributed by atoms with Gasteiger partial charge >= 0.3 is 0 Å². The van der Waals surface area contributed by atoms with Crippen LogP contribution < -0.4 is 4.90 Å². The number of nitrogens with zero attached hydrogens (tertiary/aromatic N) is 3. The monoisotopic (exact) mass is 269 g/mol. The van der Waals surface area contributed by atoms with Gasteiger partial charge in [0, 0.05) is 12.2 Å². The zero-order chi connectivity index (χ0) is 14.7. The fraction of sp³-hybridized carbons (Fsp3) is 0.250. The van der Waals surface area contributed by atoms with Crippen molar-refractivity contribution in [1.82, 2.24) is 4.98 Å². The summed E-state index contributed by atoms with van der Waals surface area (Å²) in [6.07, 6.45) is 0. The lowest BCUT2D eigenvalue weighted by Crippen LogP contribution is -2.19. The molecule has 0 radical (unpaired) electrons. The summed E-state index contributed by atoms with van der Waals surface area (Å²) in [6, 6.07) is 10.6. The van der Waals surface area contributed by atoms with Crippen LogP contribution in [0.1, 0.15) is 23.9 Å². The zero-order valence-corrected chi connectivity index (χ0v) is 11.8. The van der Waals surface area contributed by atoms with Gasteiger partial charge in [-0.3, -0.25) is 4.98 Å². The number of rotatable bonds is 3. The molecule has 0 unspecified atom stereocenters. The number of aryl methyl sites for hydroxylation is 2. The quantitative estimate of drug-likeness (QED) is 0.849. The maximum atomic E-state index is 14.0. The van der Waals surface area contributed by atoms with Gasteiger partial charge in [0.15, 0.2) is 0 Å². The molecule has 4 heteroatoms. The zero-order valence-electron chi connectivity index (χ0n) is 11.8. The number of halogens is 1. The summed E-state index contributed by atoms with van der Waals surface area (Å²) >= 11 is 0. The predicted octanol–water partition coefficient (Wildman–Crippen LogP) is 3.87. The molecule has 0 atom stereocenters. The Bertz CT molecular complexity index is 674. The van der Waals surface area contributed by atoms with E-state index in [2.05, 4.69) is 11.1 Å². The normalized spacial score (nSPS) is 10.2. The molecule has 3 nitrogen and oxygen atoms in total. The van der Waals surface area contributed by atoms with E-state index >= 15 is 0 Å². The van der Waals surface area contributed by atoms with Gasteiger partial charge in [-0.15, -0.1) is 0 Å². The minimum Gasteiger partial charge on any atom is -0.338 e. The molecule has 1 aromatic carbocycles. The molecule has 102 valence electrons. The molecule has 1 aromatic heterocycles. The number of hydrogen-bond acceptors (Lipinski definition) is 3. The van der Waals surface area contributed by atoms with Crippen LogP contribution in [0, 0.1) is 31.0 Å². The van der Waals surface area contributed by atoms with Crippen molar-refractivity contribution in [3.05, 3.63) is 53.1 Å². The molecule has 0 aliphatic heterocycles. The molecule has 2 aromatic rings. The molecular formula is C16H16FN3. The van der Waals surface area contributed by atoms with E-state index in [1.165, 1.54) is 6.07 Å². The van der Waals surface area contributed by atoms with Crippen molar-refractivity contribution in [3.63, 3.8) is 0 Å². The highest BCUT2D eigenvalue weighted by atomic mass is 19.1. The Morgan fingerprint density at radius 1 is 1.25 bits per heavy atom. The average Bonchev–Trinajstić information content (AvgIpc) is 2.41. The topological polar surface area (TPSA) is 39.9 Å². The van der Waals surface area contributed by atoms with E-state index in [1.54, 1.807) is 30.0 Å². The second-order valence-electron chi connectivity index (χ2n) is 4.55. The molecule has 0 N–H and O–H groups in total. The summed E-state index contributed by atoms with van der Waals surface area (Å²) < 4.78 is 14.0. The molecule has 0 aliphatic rings. The molecule has 0 spiro atoms. The van der Waals surface area contributed by atoms with E-state index in [1.807, 2.05) is 19.9 Å². The predicted molar refractivity (Wildman–Crippen MR) is 77.5 cm³/mol. The number of benzene rings is 1. The fourth-order valence-electron chi connectivity index (χ4n) is 2.30. The largest absolute Gasteiger partial charge is 0.338 e. The van der Waals surface area contributed by atoms with Crippen molar-refractivity contribution >= 4 is 11.4 Å². The molecule has 2 rings (SSSR count). The summed E-state index contributed by atoms with van der Waals surface area (Å²) in [5, 5.41) is 9.34. The van der Waals surface area contributed by atoms with E-state index in [9.17, 15) is 9.65 Å². The van der Waals surface area contributed by atoms with E-state index in [-0.39, 0.29) is 5.82 Å². The number of anilines is 2. The first kappa shape index (κ1) is 14.0. The molecule has 1 heterocycles. The average molecular weight is 269 g/mol. The molecule has 0 amide bonds. The summed E-state index contributed by atoms with van der Waals surface area (Å²) in [7, 11) is 0.